The summed E-state index contributed by atoms with van der Waals surface area (Å²) in [5, 5.41) is 3.34. The van der Waals surface area contributed by atoms with Gasteiger partial charge in [0, 0.05) is 47.9 Å². The molecule has 140 valence electrons. The first-order chi connectivity index (χ1) is 13.1. The van der Waals surface area contributed by atoms with Crippen LogP contribution in [0.1, 0.15) is 35.2 Å². The minimum Gasteiger partial charge on any atom is -0.396 e. The highest BCUT2D eigenvalue weighted by molar-refractivity contribution is 9.10. The van der Waals surface area contributed by atoms with E-state index in [2.05, 4.69) is 55.3 Å². The minimum atomic E-state index is 0.682. The summed E-state index contributed by atoms with van der Waals surface area (Å²) in [4.78, 5) is 13.1. The molecule has 5 nitrogen and oxygen atoms in total. The summed E-state index contributed by atoms with van der Waals surface area (Å²) in [6.07, 6.45) is 11.2. The van der Waals surface area contributed by atoms with E-state index in [0.29, 0.717) is 5.69 Å². The van der Waals surface area contributed by atoms with Crippen LogP contribution in [0.2, 0.25) is 0 Å². The molecule has 3 rings (SSSR count). The van der Waals surface area contributed by atoms with Crippen LogP contribution in [0.3, 0.4) is 0 Å². The fourth-order valence-electron chi connectivity index (χ4n) is 2.96. The number of rotatable bonds is 8. The molecule has 0 fully saturated rings. The topological polar surface area (TPSA) is 76.7 Å². The van der Waals surface area contributed by atoms with E-state index in [9.17, 15) is 0 Å². The van der Waals surface area contributed by atoms with Crippen molar-refractivity contribution in [3.05, 3.63) is 75.9 Å². The zero-order valence-electron chi connectivity index (χ0n) is 15.5. The van der Waals surface area contributed by atoms with Crippen molar-refractivity contribution in [1.82, 2.24) is 15.0 Å². The van der Waals surface area contributed by atoms with Crippen LogP contribution in [-0.2, 0) is 12.8 Å². The van der Waals surface area contributed by atoms with E-state index in [1.165, 1.54) is 5.56 Å². The molecule has 3 aromatic rings. The van der Waals surface area contributed by atoms with Crippen LogP contribution in [0.5, 0.6) is 0 Å². The quantitative estimate of drug-likeness (QED) is 0.517. The van der Waals surface area contributed by atoms with Gasteiger partial charge in [0.2, 0.25) is 0 Å². The molecule has 0 spiro atoms. The number of nitrogens with zero attached hydrogens (tertiary/aromatic N) is 3. The molecular formula is C21H24BrN5. The van der Waals surface area contributed by atoms with Gasteiger partial charge < -0.3 is 11.1 Å². The van der Waals surface area contributed by atoms with Gasteiger partial charge in [-0.15, -0.1) is 0 Å². The fourth-order valence-corrected chi connectivity index (χ4v) is 3.41. The van der Waals surface area contributed by atoms with E-state index in [1.807, 2.05) is 30.7 Å². The van der Waals surface area contributed by atoms with E-state index >= 15 is 0 Å². The third-order valence-corrected chi connectivity index (χ3v) is 4.82. The molecule has 0 aliphatic heterocycles. The van der Waals surface area contributed by atoms with E-state index in [0.717, 1.165) is 59.3 Å². The van der Waals surface area contributed by atoms with Crippen LogP contribution >= 0.6 is 15.9 Å². The fraction of sp³-hybridized carbons (Fsp3) is 0.286. The van der Waals surface area contributed by atoms with Gasteiger partial charge in [0.15, 0.2) is 0 Å². The van der Waals surface area contributed by atoms with Crippen molar-refractivity contribution in [2.75, 3.05) is 17.6 Å². The number of pyridine rings is 3. The molecule has 0 aliphatic rings. The maximum atomic E-state index is 6.16. The highest BCUT2D eigenvalue weighted by Gasteiger charge is 2.05. The molecule has 0 amide bonds. The second-order valence-electron chi connectivity index (χ2n) is 6.62. The smallest absolute Gasteiger partial charge is 0.149 e. The number of nitrogen functional groups attached to an aromatic ring is 1. The van der Waals surface area contributed by atoms with Crippen molar-refractivity contribution in [3.8, 4) is 0 Å². The van der Waals surface area contributed by atoms with E-state index in [4.69, 9.17) is 5.73 Å². The molecular weight excluding hydrogens is 402 g/mol. The van der Waals surface area contributed by atoms with Gasteiger partial charge >= 0.3 is 0 Å². The van der Waals surface area contributed by atoms with Crippen molar-refractivity contribution >= 4 is 27.4 Å². The van der Waals surface area contributed by atoms with Gasteiger partial charge in [-0.05, 0) is 77.0 Å². The first kappa shape index (κ1) is 19.3. The number of anilines is 2. The Morgan fingerprint density at radius 3 is 2.70 bits per heavy atom. The third kappa shape index (κ3) is 5.76. The number of hydrogen-bond donors (Lipinski definition) is 2. The van der Waals surface area contributed by atoms with Crippen LogP contribution < -0.4 is 11.1 Å². The lowest BCUT2D eigenvalue weighted by atomic mass is 10.1. The Hall–Kier alpha value is -2.47. The number of halogens is 1. The second kappa shape index (κ2) is 9.46. The Labute approximate surface area is 168 Å². The average molecular weight is 426 g/mol. The van der Waals surface area contributed by atoms with Crippen LogP contribution in [-0.4, -0.2) is 21.5 Å². The van der Waals surface area contributed by atoms with Crippen LogP contribution in [0.25, 0.3) is 0 Å². The number of nitrogens with two attached hydrogens (primary N) is 1. The minimum absolute atomic E-state index is 0.682. The van der Waals surface area contributed by atoms with Crippen molar-refractivity contribution in [3.63, 3.8) is 0 Å². The standard InChI is InChI=1S/C21H24BrN5/c1-15-9-18(22)14-26-20(15)6-2-3-8-25-21-19(23)11-17(13-27-21)10-16-5-4-7-24-12-16/h4-5,7,9,11-14H,2-3,6,8,10,23H2,1H3,(H,25,27). The Balaban J connectivity index is 1.45. The molecule has 0 unspecified atom stereocenters. The lowest BCUT2D eigenvalue weighted by Crippen LogP contribution is -2.07. The highest BCUT2D eigenvalue weighted by Crippen LogP contribution is 2.19. The van der Waals surface area contributed by atoms with Crippen LogP contribution in [0.4, 0.5) is 11.5 Å². The van der Waals surface area contributed by atoms with Gasteiger partial charge in [0.1, 0.15) is 5.82 Å². The largest absolute Gasteiger partial charge is 0.396 e. The summed E-state index contributed by atoms with van der Waals surface area (Å²) < 4.78 is 1.03. The van der Waals surface area contributed by atoms with Gasteiger partial charge in [-0.25, -0.2) is 4.98 Å². The SMILES string of the molecule is Cc1cc(Br)cnc1CCCCNc1ncc(Cc2cccnc2)cc1N. The van der Waals surface area contributed by atoms with Crippen LogP contribution in [0, 0.1) is 6.92 Å². The number of hydrogen-bond acceptors (Lipinski definition) is 5. The Morgan fingerprint density at radius 1 is 1.07 bits per heavy atom. The van der Waals surface area contributed by atoms with E-state index in [1.54, 1.807) is 6.20 Å². The van der Waals surface area contributed by atoms with Gasteiger partial charge in [0.05, 0.1) is 5.69 Å². The summed E-state index contributed by atoms with van der Waals surface area (Å²) >= 11 is 3.45. The molecule has 0 atom stereocenters. The van der Waals surface area contributed by atoms with Crippen molar-refractivity contribution in [2.24, 2.45) is 0 Å². The molecule has 0 bridgehead atoms. The summed E-state index contributed by atoms with van der Waals surface area (Å²) in [6.45, 7) is 2.94. The number of nitrogens with one attached hydrogen (secondary N) is 1. The molecule has 3 heterocycles. The maximum Gasteiger partial charge on any atom is 0.149 e. The Bertz CT molecular complexity index is 883. The molecule has 0 aliphatic carbocycles. The molecule has 0 saturated heterocycles. The predicted molar refractivity (Wildman–Crippen MR) is 114 cm³/mol. The lowest BCUT2D eigenvalue weighted by molar-refractivity contribution is 0.743. The van der Waals surface area contributed by atoms with Gasteiger partial charge in [-0.1, -0.05) is 6.07 Å². The first-order valence-corrected chi connectivity index (χ1v) is 9.89. The van der Waals surface area contributed by atoms with Crippen molar-refractivity contribution < 1.29 is 0 Å². The van der Waals surface area contributed by atoms with E-state index < -0.39 is 0 Å². The monoisotopic (exact) mass is 425 g/mol. The second-order valence-corrected chi connectivity index (χ2v) is 7.54. The van der Waals surface area contributed by atoms with Crippen molar-refractivity contribution in [1.29, 1.82) is 0 Å². The van der Waals surface area contributed by atoms with Crippen molar-refractivity contribution in [2.45, 2.75) is 32.6 Å². The van der Waals surface area contributed by atoms with Gasteiger partial charge in [0.25, 0.3) is 0 Å². The maximum absolute atomic E-state index is 6.16. The number of aromatic nitrogens is 3. The summed E-state index contributed by atoms with van der Waals surface area (Å²) in [6, 6.07) is 8.08. The van der Waals surface area contributed by atoms with Gasteiger partial charge in [-0.3, -0.25) is 9.97 Å². The molecule has 3 aromatic heterocycles. The van der Waals surface area contributed by atoms with Gasteiger partial charge in [-0.2, -0.15) is 0 Å². The molecule has 0 aromatic carbocycles. The first-order valence-electron chi connectivity index (χ1n) is 9.10. The number of aryl methyl sites for hydroxylation is 2. The number of unbranched alkanes of at least 4 members (excludes halogenated alkanes) is 1. The van der Waals surface area contributed by atoms with E-state index in [-0.39, 0.29) is 0 Å². The average Bonchev–Trinajstić information content (AvgIpc) is 2.65. The lowest BCUT2D eigenvalue weighted by Gasteiger charge is -2.10. The Morgan fingerprint density at radius 2 is 1.96 bits per heavy atom. The molecule has 0 radical (unpaired) electrons. The summed E-state index contributed by atoms with van der Waals surface area (Å²) in [5.41, 5.74) is 11.5. The third-order valence-electron chi connectivity index (χ3n) is 4.39. The normalized spacial score (nSPS) is 10.7. The zero-order valence-corrected chi connectivity index (χ0v) is 17.0. The molecule has 3 N–H and O–H groups in total. The van der Waals surface area contributed by atoms with Crippen LogP contribution in [0.15, 0.2) is 53.5 Å². The molecule has 6 heteroatoms. The Kier molecular flexibility index (Phi) is 6.76. The molecule has 27 heavy (non-hydrogen) atoms. The zero-order chi connectivity index (χ0) is 19.1. The predicted octanol–water partition coefficient (Wildman–Crippen LogP) is 4.55. The highest BCUT2D eigenvalue weighted by atomic mass is 79.9. The summed E-state index contributed by atoms with van der Waals surface area (Å²) in [5.74, 6) is 0.753. The molecule has 0 saturated carbocycles. The summed E-state index contributed by atoms with van der Waals surface area (Å²) in [7, 11) is 0.